The van der Waals surface area contributed by atoms with Crippen LogP contribution in [-0.2, 0) is 5.41 Å². The molecular weight excluding hydrogens is 249 g/mol. The molecule has 0 aliphatic heterocycles. The van der Waals surface area contributed by atoms with Crippen LogP contribution in [0.25, 0.3) is 0 Å². The summed E-state index contributed by atoms with van der Waals surface area (Å²) in [5.74, 6) is 1.36. The molecule has 0 radical (unpaired) electrons. The second kappa shape index (κ2) is 5.48. The predicted molar refractivity (Wildman–Crippen MR) is 83.4 cm³/mol. The molecule has 2 rings (SSSR count). The summed E-state index contributed by atoms with van der Waals surface area (Å²) in [6.45, 7) is 12.1. The van der Waals surface area contributed by atoms with Crippen LogP contribution in [0.4, 0.5) is 4.39 Å². The van der Waals surface area contributed by atoms with Crippen molar-refractivity contribution in [3.8, 4) is 0 Å². The minimum atomic E-state index is -0.120. The molecule has 0 aromatic heterocycles. The van der Waals surface area contributed by atoms with Gasteiger partial charge in [-0.25, -0.2) is 4.39 Å². The number of hydrogen-bond acceptors (Lipinski definition) is 1. The highest BCUT2D eigenvalue weighted by Crippen LogP contribution is 2.50. The van der Waals surface area contributed by atoms with Crippen LogP contribution in [0, 0.1) is 17.7 Å². The maximum absolute atomic E-state index is 13.6. The van der Waals surface area contributed by atoms with Gasteiger partial charge in [0.05, 0.1) is 0 Å². The summed E-state index contributed by atoms with van der Waals surface area (Å²) in [4.78, 5) is 0. The maximum atomic E-state index is 13.6. The average molecular weight is 277 g/mol. The highest BCUT2D eigenvalue weighted by Gasteiger charge is 2.46. The normalized spacial score (nSPS) is 26.6. The Morgan fingerprint density at radius 1 is 1.30 bits per heavy atom. The second-order valence-corrected chi connectivity index (χ2v) is 7.81. The van der Waals surface area contributed by atoms with E-state index < -0.39 is 0 Å². The molecule has 112 valence electrons. The van der Waals surface area contributed by atoms with Crippen molar-refractivity contribution in [1.82, 2.24) is 5.32 Å². The zero-order valence-electron chi connectivity index (χ0n) is 13.5. The maximum Gasteiger partial charge on any atom is 0.123 e. The second-order valence-electron chi connectivity index (χ2n) is 7.81. The van der Waals surface area contributed by atoms with Crippen molar-refractivity contribution < 1.29 is 4.39 Å². The summed E-state index contributed by atoms with van der Waals surface area (Å²) in [5, 5.41) is 3.62. The number of hydrogen-bond donors (Lipinski definition) is 1. The molecule has 1 fully saturated rings. The van der Waals surface area contributed by atoms with Crippen molar-refractivity contribution in [2.45, 2.75) is 58.4 Å². The van der Waals surface area contributed by atoms with Gasteiger partial charge in [0, 0.05) is 17.5 Å². The monoisotopic (exact) mass is 277 g/mol. The third-order valence-electron chi connectivity index (χ3n) is 4.64. The van der Waals surface area contributed by atoms with Gasteiger partial charge in [0.25, 0.3) is 0 Å². The summed E-state index contributed by atoms with van der Waals surface area (Å²) in [6, 6.07) is 7.18. The molecule has 1 N–H and O–H groups in total. The number of benzene rings is 1. The first-order valence-corrected chi connectivity index (χ1v) is 7.73. The zero-order valence-corrected chi connectivity index (χ0v) is 13.5. The highest BCUT2D eigenvalue weighted by molar-refractivity contribution is 5.30. The molecule has 0 bridgehead atoms. The van der Waals surface area contributed by atoms with Gasteiger partial charge in [-0.05, 0) is 63.1 Å². The molecule has 0 spiro atoms. The Morgan fingerprint density at radius 3 is 2.45 bits per heavy atom. The van der Waals surface area contributed by atoms with Crippen LogP contribution in [0.3, 0.4) is 0 Å². The Kier molecular flexibility index (Phi) is 4.24. The van der Waals surface area contributed by atoms with E-state index in [-0.39, 0.29) is 16.8 Å². The summed E-state index contributed by atoms with van der Waals surface area (Å²) < 4.78 is 13.6. The molecule has 1 aromatic carbocycles. The lowest BCUT2D eigenvalue weighted by Crippen LogP contribution is -2.53. The fourth-order valence-electron chi connectivity index (χ4n) is 3.15. The largest absolute Gasteiger partial charge is 0.311 e. The summed E-state index contributed by atoms with van der Waals surface area (Å²) in [6.07, 6.45) is 2.33. The summed E-state index contributed by atoms with van der Waals surface area (Å²) in [5.41, 5.74) is 1.37. The average Bonchev–Trinajstić information content (AvgIpc) is 2.25. The van der Waals surface area contributed by atoms with E-state index in [2.05, 4.69) is 46.0 Å². The quantitative estimate of drug-likeness (QED) is 0.853. The molecule has 1 saturated carbocycles. The standard InChI is InChI=1S/C18H28FN/c1-13(2)14-10-18(11-14,12-20-17(3,4)5)15-7-6-8-16(19)9-15/h6-9,13-14,20H,10-12H2,1-5H3. The van der Waals surface area contributed by atoms with Gasteiger partial charge in [0.15, 0.2) is 0 Å². The van der Waals surface area contributed by atoms with Crippen molar-refractivity contribution in [3.05, 3.63) is 35.6 Å². The van der Waals surface area contributed by atoms with E-state index in [1.807, 2.05) is 6.07 Å². The smallest absolute Gasteiger partial charge is 0.123 e. The van der Waals surface area contributed by atoms with E-state index in [4.69, 9.17) is 0 Å². The van der Waals surface area contributed by atoms with Crippen LogP contribution in [0.15, 0.2) is 24.3 Å². The molecule has 2 heteroatoms. The van der Waals surface area contributed by atoms with Crippen molar-refractivity contribution in [1.29, 1.82) is 0 Å². The SMILES string of the molecule is CC(C)C1CC(CNC(C)(C)C)(c2cccc(F)c2)C1. The Balaban J connectivity index is 2.18. The summed E-state index contributed by atoms with van der Waals surface area (Å²) in [7, 11) is 0. The molecule has 0 saturated heterocycles. The molecule has 0 amide bonds. The Morgan fingerprint density at radius 2 is 1.95 bits per heavy atom. The molecule has 1 nitrogen and oxygen atoms in total. The van der Waals surface area contributed by atoms with Crippen LogP contribution < -0.4 is 5.32 Å². The van der Waals surface area contributed by atoms with E-state index in [0.29, 0.717) is 5.92 Å². The van der Waals surface area contributed by atoms with Gasteiger partial charge in [-0.2, -0.15) is 0 Å². The Hall–Kier alpha value is -0.890. The Bertz CT molecular complexity index is 453. The lowest BCUT2D eigenvalue weighted by Gasteiger charge is -2.51. The van der Waals surface area contributed by atoms with Gasteiger partial charge in [-0.1, -0.05) is 26.0 Å². The first kappa shape index (κ1) is 15.5. The van der Waals surface area contributed by atoms with E-state index in [1.165, 1.54) is 6.07 Å². The van der Waals surface area contributed by atoms with Gasteiger partial charge >= 0.3 is 0 Å². The molecule has 20 heavy (non-hydrogen) atoms. The fraction of sp³-hybridized carbons (Fsp3) is 0.667. The van der Waals surface area contributed by atoms with Gasteiger partial charge in [-0.3, -0.25) is 0 Å². The van der Waals surface area contributed by atoms with E-state index in [1.54, 1.807) is 6.07 Å². The zero-order chi connectivity index (χ0) is 15.0. The molecule has 0 unspecified atom stereocenters. The third kappa shape index (κ3) is 3.41. The van der Waals surface area contributed by atoms with Crippen LogP contribution in [0.2, 0.25) is 0 Å². The Labute approximate surface area is 123 Å². The minimum absolute atomic E-state index is 0.100. The van der Waals surface area contributed by atoms with Crippen molar-refractivity contribution >= 4 is 0 Å². The van der Waals surface area contributed by atoms with Crippen LogP contribution in [-0.4, -0.2) is 12.1 Å². The topological polar surface area (TPSA) is 12.0 Å². The van der Waals surface area contributed by atoms with Gasteiger partial charge in [0.1, 0.15) is 5.82 Å². The van der Waals surface area contributed by atoms with Crippen LogP contribution in [0.5, 0.6) is 0 Å². The number of halogens is 1. The van der Waals surface area contributed by atoms with E-state index in [0.717, 1.165) is 30.9 Å². The lowest BCUT2D eigenvalue weighted by atomic mass is 9.55. The van der Waals surface area contributed by atoms with E-state index in [9.17, 15) is 4.39 Å². The first-order valence-electron chi connectivity index (χ1n) is 7.73. The molecule has 0 heterocycles. The first-order chi connectivity index (χ1) is 9.22. The minimum Gasteiger partial charge on any atom is -0.311 e. The highest BCUT2D eigenvalue weighted by atomic mass is 19.1. The fourth-order valence-corrected chi connectivity index (χ4v) is 3.15. The third-order valence-corrected chi connectivity index (χ3v) is 4.64. The van der Waals surface area contributed by atoms with Crippen molar-refractivity contribution in [2.75, 3.05) is 6.54 Å². The van der Waals surface area contributed by atoms with Crippen LogP contribution >= 0.6 is 0 Å². The molecule has 1 aromatic rings. The molecule has 1 aliphatic rings. The van der Waals surface area contributed by atoms with Crippen molar-refractivity contribution in [2.24, 2.45) is 11.8 Å². The molecular formula is C18H28FN. The van der Waals surface area contributed by atoms with Gasteiger partial charge < -0.3 is 5.32 Å². The predicted octanol–water partition coefficient (Wildman–Crippen LogP) is 4.52. The molecule has 1 aliphatic carbocycles. The summed E-state index contributed by atoms with van der Waals surface area (Å²) >= 11 is 0. The number of rotatable bonds is 4. The van der Waals surface area contributed by atoms with E-state index >= 15 is 0 Å². The lowest BCUT2D eigenvalue weighted by molar-refractivity contribution is 0.0910. The molecule has 0 atom stereocenters. The van der Waals surface area contributed by atoms with Gasteiger partial charge in [-0.15, -0.1) is 0 Å². The number of nitrogens with one attached hydrogen (secondary N) is 1. The van der Waals surface area contributed by atoms with Gasteiger partial charge in [0.2, 0.25) is 0 Å². The van der Waals surface area contributed by atoms with Crippen LogP contribution in [0.1, 0.15) is 53.0 Å². The van der Waals surface area contributed by atoms with Crippen molar-refractivity contribution in [3.63, 3.8) is 0 Å².